The van der Waals surface area contributed by atoms with Crippen LogP contribution in [0.15, 0.2) is 12.3 Å². The summed E-state index contributed by atoms with van der Waals surface area (Å²) in [5, 5.41) is 4.23. The van der Waals surface area contributed by atoms with Crippen LogP contribution in [-0.2, 0) is 18.2 Å². The van der Waals surface area contributed by atoms with E-state index in [2.05, 4.69) is 5.10 Å². The summed E-state index contributed by atoms with van der Waals surface area (Å²) in [6, 6.07) is 2.03. The van der Waals surface area contributed by atoms with Gasteiger partial charge in [0.1, 0.15) is 0 Å². The molecule has 1 aromatic rings. The van der Waals surface area contributed by atoms with Crippen LogP contribution in [0, 0.1) is 0 Å². The minimum atomic E-state index is 0.454. The van der Waals surface area contributed by atoms with E-state index in [4.69, 9.17) is 4.74 Å². The molecular formula is C7H10N2O. The van der Waals surface area contributed by atoms with Gasteiger partial charge in [-0.1, -0.05) is 0 Å². The van der Waals surface area contributed by atoms with Crippen molar-refractivity contribution in [2.75, 3.05) is 6.61 Å². The monoisotopic (exact) mass is 138 g/mol. The second-order valence-electron chi connectivity index (χ2n) is 2.64. The van der Waals surface area contributed by atoms with E-state index in [1.807, 2.05) is 24.0 Å². The average Bonchev–Trinajstić information content (AvgIpc) is 2.59. The summed E-state index contributed by atoms with van der Waals surface area (Å²) in [6.45, 7) is 0.913. The zero-order valence-electron chi connectivity index (χ0n) is 5.95. The third-order valence-electron chi connectivity index (χ3n) is 1.61. The van der Waals surface area contributed by atoms with Gasteiger partial charge in [-0.25, -0.2) is 0 Å². The van der Waals surface area contributed by atoms with Crippen molar-refractivity contribution in [3.05, 3.63) is 18.0 Å². The lowest BCUT2D eigenvalue weighted by molar-refractivity contribution is 0.405. The molecule has 1 aromatic heterocycles. The first kappa shape index (κ1) is 5.92. The van der Waals surface area contributed by atoms with E-state index in [0.717, 1.165) is 18.7 Å². The maximum absolute atomic E-state index is 5.07. The van der Waals surface area contributed by atoms with E-state index in [-0.39, 0.29) is 0 Å². The van der Waals surface area contributed by atoms with Gasteiger partial charge in [-0.05, 0) is 6.07 Å². The van der Waals surface area contributed by atoms with Crippen molar-refractivity contribution in [3.63, 3.8) is 0 Å². The quantitative estimate of drug-likeness (QED) is 0.552. The van der Waals surface area contributed by atoms with E-state index in [0.29, 0.717) is 6.10 Å². The molecule has 0 spiro atoms. The average molecular weight is 138 g/mol. The first-order valence-electron chi connectivity index (χ1n) is 3.45. The molecule has 1 aliphatic rings. The lowest BCUT2D eigenvalue weighted by atomic mass is 10.2. The Hall–Kier alpha value is -0.830. The van der Waals surface area contributed by atoms with Crippen LogP contribution in [0.5, 0.6) is 0 Å². The van der Waals surface area contributed by atoms with Crippen LogP contribution in [0.25, 0.3) is 0 Å². The predicted molar refractivity (Wildman–Crippen MR) is 36.7 cm³/mol. The zero-order chi connectivity index (χ0) is 6.97. The summed E-state index contributed by atoms with van der Waals surface area (Å²) in [5.74, 6) is 0. The summed E-state index contributed by atoms with van der Waals surface area (Å²) in [4.78, 5) is 0. The predicted octanol–water partition coefficient (Wildman–Crippen LogP) is 0.361. The van der Waals surface area contributed by atoms with Crippen LogP contribution in [0.2, 0.25) is 0 Å². The zero-order valence-corrected chi connectivity index (χ0v) is 5.95. The number of ether oxygens (including phenoxy) is 1. The minimum Gasteiger partial charge on any atom is -0.373 e. The summed E-state index contributed by atoms with van der Waals surface area (Å²) in [6.07, 6.45) is 3.38. The fraction of sp³-hybridized carbons (Fsp3) is 0.571. The highest BCUT2D eigenvalue weighted by atomic mass is 16.6. The minimum absolute atomic E-state index is 0.454. The van der Waals surface area contributed by atoms with E-state index < -0.39 is 0 Å². The molecule has 1 atom stereocenters. The molecule has 1 unspecified atom stereocenters. The van der Waals surface area contributed by atoms with E-state index in [1.54, 1.807) is 0 Å². The number of hydrogen-bond acceptors (Lipinski definition) is 2. The standard InChI is InChI=1S/C7H10N2O/c1-9-3-2-6(8-9)4-7-5-10-7/h2-3,7H,4-5H2,1H3. The Morgan fingerprint density at radius 1 is 1.90 bits per heavy atom. The molecule has 1 fully saturated rings. The molecule has 10 heavy (non-hydrogen) atoms. The molecule has 2 heterocycles. The lowest BCUT2D eigenvalue weighted by Gasteiger charge is -1.87. The first-order valence-corrected chi connectivity index (χ1v) is 3.45. The maximum atomic E-state index is 5.07. The van der Waals surface area contributed by atoms with Crippen LogP contribution in [0.1, 0.15) is 5.69 Å². The largest absolute Gasteiger partial charge is 0.373 e. The molecule has 2 rings (SSSR count). The van der Waals surface area contributed by atoms with E-state index >= 15 is 0 Å². The van der Waals surface area contributed by atoms with Crippen LogP contribution in [0.3, 0.4) is 0 Å². The Kier molecular flexibility index (Phi) is 1.24. The van der Waals surface area contributed by atoms with Gasteiger partial charge in [0.05, 0.1) is 18.4 Å². The summed E-state index contributed by atoms with van der Waals surface area (Å²) >= 11 is 0. The Balaban J connectivity index is 2.03. The van der Waals surface area contributed by atoms with Crippen molar-refractivity contribution < 1.29 is 4.74 Å². The summed E-state index contributed by atoms with van der Waals surface area (Å²) < 4.78 is 6.89. The molecule has 0 radical (unpaired) electrons. The highest BCUT2D eigenvalue weighted by molar-refractivity contribution is 5.01. The fourth-order valence-electron chi connectivity index (χ4n) is 0.991. The van der Waals surface area contributed by atoms with Gasteiger partial charge >= 0.3 is 0 Å². The van der Waals surface area contributed by atoms with Gasteiger partial charge < -0.3 is 4.74 Å². The van der Waals surface area contributed by atoms with Crippen LogP contribution in [-0.4, -0.2) is 22.5 Å². The molecule has 0 aliphatic carbocycles. The van der Waals surface area contributed by atoms with Crippen molar-refractivity contribution in [2.24, 2.45) is 7.05 Å². The van der Waals surface area contributed by atoms with Gasteiger partial charge in [0.15, 0.2) is 0 Å². The molecule has 1 saturated heterocycles. The highest BCUT2D eigenvalue weighted by Crippen LogP contribution is 2.13. The maximum Gasteiger partial charge on any atom is 0.0865 e. The Morgan fingerprint density at radius 2 is 2.70 bits per heavy atom. The first-order chi connectivity index (χ1) is 4.84. The Labute approximate surface area is 59.6 Å². The highest BCUT2D eigenvalue weighted by Gasteiger charge is 2.23. The fourth-order valence-corrected chi connectivity index (χ4v) is 0.991. The van der Waals surface area contributed by atoms with Crippen molar-refractivity contribution in [2.45, 2.75) is 12.5 Å². The normalized spacial score (nSPS) is 23.1. The molecule has 0 aromatic carbocycles. The van der Waals surface area contributed by atoms with Crippen LogP contribution < -0.4 is 0 Å². The van der Waals surface area contributed by atoms with Crippen molar-refractivity contribution in [1.82, 2.24) is 9.78 Å². The number of aromatic nitrogens is 2. The summed E-state index contributed by atoms with van der Waals surface area (Å²) in [7, 11) is 1.93. The number of aryl methyl sites for hydroxylation is 1. The third-order valence-corrected chi connectivity index (χ3v) is 1.61. The van der Waals surface area contributed by atoms with Crippen LogP contribution >= 0.6 is 0 Å². The van der Waals surface area contributed by atoms with Crippen molar-refractivity contribution in [1.29, 1.82) is 0 Å². The van der Waals surface area contributed by atoms with Crippen molar-refractivity contribution in [3.8, 4) is 0 Å². The number of epoxide rings is 1. The number of hydrogen-bond donors (Lipinski definition) is 0. The molecular weight excluding hydrogens is 128 g/mol. The molecule has 1 aliphatic heterocycles. The molecule has 3 nitrogen and oxygen atoms in total. The Bertz CT molecular complexity index is 227. The second kappa shape index (κ2) is 2.09. The Morgan fingerprint density at radius 3 is 3.20 bits per heavy atom. The second-order valence-corrected chi connectivity index (χ2v) is 2.64. The third kappa shape index (κ3) is 1.19. The van der Waals surface area contributed by atoms with Crippen molar-refractivity contribution >= 4 is 0 Å². The lowest BCUT2D eigenvalue weighted by Crippen LogP contribution is -1.95. The van der Waals surface area contributed by atoms with E-state index in [1.165, 1.54) is 0 Å². The van der Waals surface area contributed by atoms with Crippen LogP contribution in [0.4, 0.5) is 0 Å². The summed E-state index contributed by atoms with van der Waals surface area (Å²) in [5.41, 5.74) is 1.13. The molecule has 3 heteroatoms. The van der Waals surface area contributed by atoms with Gasteiger partial charge in [-0.2, -0.15) is 5.10 Å². The number of rotatable bonds is 2. The van der Waals surface area contributed by atoms with Gasteiger partial charge in [-0.3, -0.25) is 4.68 Å². The molecule has 0 saturated carbocycles. The SMILES string of the molecule is Cn1ccc(CC2CO2)n1. The topological polar surface area (TPSA) is 30.4 Å². The van der Waals surface area contributed by atoms with E-state index in [9.17, 15) is 0 Å². The molecule has 0 N–H and O–H groups in total. The molecule has 0 bridgehead atoms. The van der Waals surface area contributed by atoms with Gasteiger partial charge in [0, 0.05) is 19.7 Å². The molecule has 54 valence electrons. The number of nitrogens with zero attached hydrogens (tertiary/aromatic N) is 2. The molecule has 0 amide bonds. The van der Waals surface area contributed by atoms with Gasteiger partial charge in [0.25, 0.3) is 0 Å². The van der Waals surface area contributed by atoms with Gasteiger partial charge in [-0.15, -0.1) is 0 Å². The van der Waals surface area contributed by atoms with Gasteiger partial charge in [0.2, 0.25) is 0 Å². The smallest absolute Gasteiger partial charge is 0.0865 e.